The number of esters is 1. The lowest BCUT2D eigenvalue weighted by molar-refractivity contribution is -0.302. The van der Waals surface area contributed by atoms with Gasteiger partial charge < -0.3 is 45.1 Å². The van der Waals surface area contributed by atoms with Gasteiger partial charge in [0.15, 0.2) is 6.29 Å². The Morgan fingerprint density at radius 1 is 0.493 bits per heavy atom. The molecule has 1 rings (SSSR count). The van der Waals surface area contributed by atoms with Crippen molar-refractivity contribution in [2.75, 3.05) is 19.8 Å². The van der Waals surface area contributed by atoms with Crippen LogP contribution in [0.15, 0.2) is 48.6 Å². The molecule has 7 atom stereocenters. The van der Waals surface area contributed by atoms with Gasteiger partial charge in [0.05, 0.1) is 32.0 Å². The maximum Gasteiger partial charge on any atom is 0.305 e. The van der Waals surface area contributed by atoms with Gasteiger partial charge in [-0.15, -0.1) is 0 Å². The van der Waals surface area contributed by atoms with Crippen molar-refractivity contribution < 1.29 is 49.3 Å². The normalized spacial score (nSPS) is 19.1. The molecule has 0 aromatic rings. The van der Waals surface area contributed by atoms with E-state index in [1.807, 2.05) is 6.08 Å². The lowest BCUT2D eigenvalue weighted by atomic mass is 9.99. The molecule has 1 fully saturated rings. The van der Waals surface area contributed by atoms with E-state index >= 15 is 0 Å². The molecule has 75 heavy (non-hydrogen) atoms. The number of unbranched alkanes of at least 4 members (excludes halogenated alkanes) is 34. The van der Waals surface area contributed by atoms with Gasteiger partial charge in [0.2, 0.25) is 5.91 Å². The molecule has 0 radical (unpaired) electrons. The van der Waals surface area contributed by atoms with Gasteiger partial charge in [0.25, 0.3) is 0 Å². The monoisotopic (exact) mass is 1060 g/mol. The van der Waals surface area contributed by atoms with Crippen LogP contribution in [0.5, 0.6) is 0 Å². The largest absolute Gasteiger partial charge is 0.466 e. The molecule has 0 bridgehead atoms. The molecular formula is C64H117NO10. The summed E-state index contributed by atoms with van der Waals surface area (Å²) in [4.78, 5) is 25.1. The van der Waals surface area contributed by atoms with E-state index < -0.39 is 49.5 Å². The molecule has 1 amide bonds. The lowest BCUT2D eigenvalue weighted by Crippen LogP contribution is -2.60. The molecule has 11 nitrogen and oxygen atoms in total. The van der Waals surface area contributed by atoms with Crippen LogP contribution in [0.25, 0.3) is 0 Å². The number of hydrogen-bond donors (Lipinski definition) is 6. The highest BCUT2D eigenvalue weighted by Crippen LogP contribution is 2.23. The van der Waals surface area contributed by atoms with Crippen molar-refractivity contribution in [2.45, 2.75) is 326 Å². The molecule has 0 aliphatic carbocycles. The lowest BCUT2D eigenvalue weighted by Gasteiger charge is -2.40. The number of nitrogens with one attached hydrogen (secondary N) is 1. The number of rotatable bonds is 54. The summed E-state index contributed by atoms with van der Waals surface area (Å²) in [5, 5.41) is 54.2. The smallest absolute Gasteiger partial charge is 0.305 e. The minimum absolute atomic E-state index is 0.0131. The van der Waals surface area contributed by atoms with Crippen LogP contribution in [0.3, 0.4) is 0 Å². The van der Waals surface area contributed by atoms with E-state index in [1.165, 1.54) is 173 Å². The zero-order valence-corrected chi connectivity index (χ0v) is 48.3. The van der Waals surface area contributed by atoms with Crippen molar-refractivity contribution in [1.29, 1.82) is 0 Å². The van der Waals surface area contributed by atoms with Crippen LogP contribution in [0.4, 0.5) is 0 Å². The van der Waals surface area contributed by atoms with E-state index in [1.54, 1.807) is 6.08 Å². The molecule has 1 aliphatic heterocycles. The predicted octanol–water partition coefficient (Wildman–Crippen LogP) is 14.8. The van der Waals surface area contributed by atoms with E-state index in [2.05, 4.69) is 55.6 Å². The predicted molar refractivity (Wildman–Crippen MR) is 310 cm³/mol. The van der Waals surface area contributed by atoms with Gasteiger partial charge in [-0.2, -0.15) is 0 Å². The number of hydrogen-bond acceptors (Lipinski definition) is 10. The highest BCUT2D eigenvalue weighted by atomic mass is 16.7. The van der Waals surface area contributed by atoms with Crippen molar-refractivity contribution in [3.8, 4) is 0 Å². The molecule has 6 N–H and O–H groups in total. The molecule has 11 heteroatoms. The van der Waals surface area contributed by atoms with E-state index in [0.717, 1.165) is 83.5 Å². The topological polar surface area (TPSA) is 175 Å². The summed E-state index contributed by atoms with van der Waals surface area (Å²) in [7, 11) is 0. The van der Waals surface area contributed by atoms with E-state index in [4.69, 9.17) is 14.2 Å². The third kappa shape index (κ3) is 43.2. The van der Waals surface area contributed by atoms with Gasteiger partial charge in [0.1, 0.15) is 24.4 Å². The molecule has 0 saturated carbocycles. The average molecular weight is 1060 g/mol. The van der Waals surface area contributed by atoms with Crippen LogP contribution in [-0.4, -0.2) is 100 Å². The first-order valence-corrected chi connectivity index (χ1v) is 31.4. The number of carbonyl (C=O) groups is 2. The maximum absolute atomic E-state index is 13.0. The van der Waals surface area contributed by atoms with E-state index in [0.29, 0.717) is 19.4 Å². The molecule has 0 aromatic carbocycles. The summed E-state index contributed by atoms with van der Waals surface area (Å²) in [6.45, 7) is 4.29. The number of allylic oxidation sites excluding steroid dienone is 7. The summed E-state index contributed by atoms with van der Waals surface area (Å²) in [6.07, 6.45) is 58.0. The van der Waals surface area contributed by atoms with Gasteiger partial charge in [-0.3, -0.25) is 9.59 Å². The minimum Gasteiger partial charge on any atom is -0.466 e. The first-order valence-electron chi connectivity index (χ1n) is 31.4. The third-order valence-electron chi connectivity index (χ3n) is 14.7. The summed E-state index contributed by atoms with van der Waals surface area (Å²) < 4.78 is 16.7. The Kier molecular flexibility index (Phi) is 50.5. The number of amides is 1. The summed E-state index contributed by atoms with van der Waals surface area (Å²) in [5.74, 6) is -0.208. The Labute approximate surface area is 459 Å². The fraction of sp³-hybridized carbons (Fsp3) is 0.844. The van der Waals surface area contributed by atoms with Crippen LogP contribution in [-0.2, 0) is 23.8 Å². The second kappa shape index (κ2) is 53.6. The first-order chi connectivity index (χ1) is 36.7. The van der Waals surface area contributed by atoms with Crippen molar-refractivity contribution in [1.82, 2.24) is 5.32 Å². The summed E-state index contributed by atoms with van der Waals surface area (Å²) >= 11 is 0. The van der Waals surface area contributed by atoms with Crippen LogP contribution < -0.4 is 5.32 Å². The van der Waals surface area contributed by atoms with Gasteiger partial charge in [0, 0.05) is 12.8 Å². The Balaban J connectivity index is 2.01. The second-order valence-corrected chi connectivity index (χ2v) is 21.8. The van der Waals surface area contributed by atoms with Crippen LogP contribution >= 0.6 is 0 Å². The van der Waals surface area contributed by atoms with Gasteiger partial charge >= 0.3 is 5.97 Å². The van der Waals surface area contributed by atoms with Gasteiger partial charge in [-0.05, 0) is 89.9 Å². The Morgan fingerprint density at radius 2 is 0.893 bits per heavy atom. The van der Waals surface area contributed by atoms with Crippen LogP contribution in [0, 0.1) is 0 Å². The molecule has 438 valence electrons. The number of aliphatic hydroxyl groups excluding tert-OH is 5. The third-order valence-corrected chi connectivity index (χ3v) is 14.7. The van der Waals surface area contributed by atoms with E-state index in [9.17, 15) is 35.1 Å². The van der Waals surface area contributed by atoms with Crippen molar-refractivity contribution in [3.05, 3.63) is 48.6 Å². The SMILES string of the molecule is CCCCCCCC/C=C\CCCCCCCC(=O)OCCCCCCCCCCC/C=C\C/C=C\CCCCCCCCCC(=O)NC(COC1OC(CO)C(O)C(O)C1O)C(O)/C=C/CCCCCCCCC. The highest BCUT2D eigenvalue weighted by Gasteiger charge is 2.44. The number of aliphatic hydroxyl groups is 5. The second-order valence-electron chi connectivity index (χ2n) is 21.8. The summed E-state index contributed by atoms with van der Waals surface area (Å²) in [6, 6.07) is -0.817. The van der Waals surface area contributed by atoms with Crippen molar-refractivity contribution in [3.63, 3.8) is 0 Å². The molecule has 7 unspecified atom stereocenters. The molecular weight excluding hydrogens is 943 g/mol. The van der Waals surface area contributed by atoms with Crippen LogP contribution in [0.2, 0.25) is 0 Å². The van der Waals surface area contributed by atoms with Gasteiger partial charge in [-0.1, -0.05) is 229 Å². The average Bonchev–Trinajstić information content (AvgIpc) is 3.41. The van der Waals surface area contributed by atoms with Crippen LogP contribution in [0.1, 0.15) is 284 Å². The maximum atomic E-state index is 13.0. The zero-order valence-electron chi connectivity index (χ0n) is 48.3. The number of ether oxygens (including phenoxy) is 3. The molecule has 1 heterocycles. The Morgan fingerprint density at radius 3 is 1.36 bits per heavy atom. The molecule has 0 aromatic heterocycles. The zero-order chi connectivity index (χ0) is 54.5. The number of carbonyl (C=O) groups excluding carboxylic acids is 2. The standard InChI is InChI=1S/C64H117NO10/c1-3-5-7-9-11-13-14-15-25-29-32-36-40-44-48-52-60(69)73-53-49-45-41-37-33-30-27-24-22-20-18-16-17-19-21-23-26-28-31-35-39-43-47-51-59(68)65-56(57(67)50-46-42-38-34-12-10-8-6-4-2)55-74-64-63(72)62(71)61(70)58(54-66)75-64/h15-16,18-19,21,25,46,50,56-58,61-64,66-67,70-72H,3-14,17,20,22-24,26-45,47-49,51-55H2,1-2H3,(H,65,68)/b18-16-,21-19-,25-15-,50-46+. The summed E-state index contributed by atoms with van der Waals surface area (Å²) in [5.41, 5.74) is 0. The molecule has 0 spiro atoms. The fourth-order valence-corrected chi connectivity index (χ4v) is 9.64. The quantitative estimate of drug-likeness (QED) is 0.0195. The van der Waals surface area contributed by atoms with Crippen molar-refractivity contribution in [2.24, 2.45) is 0 Å². The molecule has 1 aliphatic rings. The molecule has 1 saturated heterocycles. The Bertz CT molecular complexity index is 1390. The Hall–Kier alpha value is -2.38. The van der Waals surface area contributed by atoms with E-state index in [-0.39, 0.29) is 18.5 Å². The fourth-order valence-electron chi connectivity index (χ4n) is 9.64. The highest BCUT2D eigenvalue weighted by molar-refractivity contribution is 5.76. The van der Waals surface area contributed by atoms with Crippen molar-refractivity contribution >= 4 is 11.9 Å². The minimum atomic E-state index is -1.57. The first kappa shape index (κ1) is 70.6. The van der Waals surface area contributed by atoms with Gasteiger partial charge in [-0.25, -0.2) is 0 Å².